The van der Waals surface area contributed by atoms with Crippen LogP contribution in [0.1, 0.15) is 38.8 Å². The summed E-state index contributed by atoms with van der Waals surface area (Å²) in [6, 6.07) is 12.5. The van der Waals surface area contributed by atoms with Crippen molar-refractivity contribution >= 4 is 6.09 Å². The summed E-state index contributed by atoms with van der Waals surface area (Å²) in [6.45, 7) is 6.90. The van der Waals surface area contributed by atoms with Gasteiger partial charge in [0.2, 0.25) is 0 Å². The molecule has 5 nitrogen and oxygen atoms in total. The number of piperidine rings is 1. The minimum absolute atomic E-state index is 0.235. The number of hydrogen-bond donors (Lipinski definition) is 0. The van der Waals surface area contributed by atoms with Crippen LogP contribution in [0.2, 0.25) is 0 Å². The van der Waals surface area contributed by atoms with Crippen LogP contribution in [-0.2, 0) is 4.74 Å². The Morgan fingerprint density at radius 3 is 2.39 bits per heavy atom. The monoisotopic (exact) mass is 313 g/mol. The summed E-state index contributed by atoms with van der Waals surface area (Å²) in [5.74, 6) is 0. The van der Waals surface area contributed by atoms with Crippen molar-refractivity contribution in [3.05, 3.63) is 35.9 Å². The van der Waals surface area contributed by atoms with E-state index in [0.29, 0.717) is 13.1 Å². The SMILES string of the molecule is CC(C)(C)OC(=O)N1CC2CC(C1)N2C(C#N)c1ccccc1. The zero-order valence-corrected chi connectivity index (χ0v) is 13.9. The molecule has 4 rings (SSSR count). The molecule has 5 heteroatoms. The molecule has 3 fully saturated rings. The zero-order valence-electron chi connectivity index (χ0n) is 13.9. The Morgan fingerprint density at radius 1 is 1.26 bits per heavy atom. The lowest BCUT2D eigenvalue weighted by Crippen LogP contribution is -2.70. The molecule has 3 atom stereocenters. The van der Waals surface area contributed by atoms with Gasteiger partial charge in [-0.2, -0.15) is 5.26 Å². The molecule has 0 aliphatic carbocycles. The van der Waals surface area contributed by atoms with Gasteiger partial charge in [0, 0.05) is 25.2 Å². The lowest BCUT2D eigenvalue weighted by Gasteiger charge is -2.57. The summed E-state index contributed by atoms with van der Waals surface area (Å²) >= 11 is 0. The van der Waals surface area contributed by atoms with Crippen molar-refractivity contribution in [1.29, 1.82) is 5.26 Å². The van der Waals surface area contributed by atoms with Crippen LogP contribution in [0.4, 0.5) is 4.79 Å². The number of nitriles is 1. The topological polar surface area (TPSA) is 56.6 Å². The van der Waals surface area contributed by atoms with Crippen LogP contribution >= 0.6 is 0 Å². The number of carbonyl (C=O) groups is 1. The van der Waals surface area contributed by atoms with Crippen LogP contribution < -0.4 is 0 Å². The molecule has 23 heavy (non-hydrogen) atoms. The highest BCUT2D eigenvalue weighted by Gasteiger charge is 2.49. The summed E-state index contributed by atoms with van der Waals surface area (Å²) in [6.07, 6.45) is 0.796. The predicted octanol–water partition coefficient (Wildman–Crippen LogP) is 2.94. The van der Waals surface area contributed by atoms with Crippen molar-refractivity contribution in [2.75, 3.05) is 13.1 Å². The van der Waals surface area contributed by atoms with Crippen molar-refractivity contribution in [2.24, 2.45) is 0 Å². The molecule has 0 radical (unpaired) electrons. The molecular formula is C18H23N3O2. The number of piperazine rings is 1. The molecule has 1 aromatic rings. The predicted molar refractivity (Wildman–Crippen MR) is 86.6 cm³/mol. The molecule has 0 spiro atoms. The van der Waals surface area contributed by atoms with Crippen molar-refractivity contribution in [3.8, 4) is 6.07 Å². The van der Waals surface area contributed by atoms with Gasteiger partial charge in [0.15, 0.2) is 0 Å². The van der Waals surface area contributed by atoms with E-state index in [1.165, 1.54) is 0 Å². The standard InChI is InChI=1S/C18H23N3O2/c1-18(2,3)23-17(22)20-11-14-9-15(12-20)21(14)16(10-19)13-7-5-4-6-8-13/h4-8,14-16H,9,11-12H2,1-3H3. The van der Waals surface area contributed by atoms with Crippen LogP contribution in [0.15, 0.2) is 30.3 Å². The van der Waals surface area contributed by atoms with Crippen molar-refractivity contribution in [2.45, 2.75) is 50.9 Å². The quantitative estimate of drug-likeness (QED) is 0.842. The molecule has 3 heterocycles. The van der Waals surface area contributed by atoms with Crippen LogP contribution in [0.5, 0.6) is 0 Å². The number of amides is 1. The first-order valence-corrected chi connectivity index (χ1v) is 8.09. The van der Waals surface area contributed by atoms with E-state index in [-0.39, 0.29) is 24.2 Å². The molecule has 1 aromatic carbocycles. The largest absolute Gasteiger partial charge is 0.444 e. The smallest absolute Gasteiger partial charge is 0.410 e. The third-order valence-electron chi connectivity index (χ3n) is 4.44. The highest BCUT2D eigenvalue weighted by Crippen LogP contribution is 2.39. The van der Waals surface area contributed by atoms with Crippen LogP contribution in [0.3, 0.4) is 0 Å². The van der Waals surface area contributed by atoms with Crippen molar-refractivity contribution < 1.29 is 9.53 Å². The first kappa shape index (κ1) is 15.8. The van der Waals surface area contributed by atoms with Gasteiger partial charge in [-0.15, -0.1) is 0 Å². The lowest BCUT2D eigenvalue weighted by molar-refractivity contribution is -0.0865. The van der Waals surface area contributed by atoms with Gasteiger partial charge in [-0.3, -0.25) is 4.90 Å². The molecule has 0 N–H and O–H groups in total. The molecule has 1 amide bonds. The highest BCUT2D eigenvalue weighted by molar-refractivity contribution is 5.68. The van der Waals surface area contributed by atoms with Gasteiger partial charge >= 0.3 is 6.09 Å². The number of hydrogen-bond acceptors (Lipinski definition) is 4. The molecule has 2 bridgehead atoms. The second-order valence-electron chi connectivity index (χ2n) is 7.32. The van der Waals surface area contributed by atoms with E-state index >= 15 is 0 Å². The second-order valence-corrected chi connectivity index (χ2v) is 7.32. The summed E-state index contributed by atoms with van der Waals surface area (Å²) in [4.78, 5) is 16.2. The second kappa shape index (κ2) is 5.86. The van der Waals surface area contributed by atoms with E-state index in [2.05, 4.69) is 11.0 Å². The summed E-state index contributed by atoms with van der Waals surface area (Å²) in [7, 11) is 0. The average molecular weight is 313 g/mol. The van der Waals surface area contributed by atoms with Crippen molar-refractivity contribution in [1.82, 2.24) is 9.80 Å². The highest BCUT2D eigenvalue weighted by atomic mass is 16.6. The van der Waals surface area contributed by atoms with Gasteiger partial charge in [-0.25, -0.2) is 4.79 Å². The van der Waals surface area contributed by atoms with Crippen LogP contribution in [0, 0.1) is 11.3 Å². The maximum atomic E-state index is 12.2. The van der Waals surface area contributed by atoms with Gasteiger partial charge in [-0.1, -0.05) is 30.3 Å². The number of rotatable bonds is 2. The normalized spacial score (nSPS) is 25.2. The summed E-state index contributed by atoms with van der Waals surface area (Å²) < 4.78 is 5.46. The first-order valence-electron chi connectivity index (χ1n) is 8.09. The Morgan fingerprint density at radius 2 is 1.87 bits per heavy atom. The number of carbonyl (C=O) groups excluding carboxylic acids is 1. The van der Waals surface area contributed by atoms with E-state index in [9.17, 15) is 10.1 Å². The Bertz CT molecular complexity index is 605. The van der Waals surface area contributed by atoms with Crippen LogP contribution in [-0.4, -0.2) is 46.7 Å². The van der Waals surface area contributed by atoms with E-state index < -0.39 is 5.60 Å². The van der Waals surface area contributed by atoms with Crippen LogP contribution in [0.25, 0.3) is 0 Å². The minimum Gasteiger partial charge on any atom is -0.444 e. The number of nitrogens with zero attached hydrogens (tertiary/aromatic N) is 3. The Balaban J connectivity index is 1.67. The zero-order chi connectivity index (χ0) is 16.6. The number of fused-ring (bicyclic) bond motifs is 2. The van der Waals surface area contributed by atoms with Gasteiger partial charge in [0.25, 0.3) is 0 Å². The van der Waals surface area contributed by atoms with E-state index in [0.717, 1.165) is 12.0 Å². The fourth-order valence-corrected chi connectivity index (χ4v) is 3.48. The minimum atomic E-state index is -0.475. The first-order chi connectivity index (χ1) is 10.9. The van der Waals surface area contributed by atoms with E-state index in [4.69, 9.17) is 4.74 Å². The molecule has 3 aliphatic heterocycles. The fourth-order valence-electron chi connectivity index (χ4n) is 3.48. The molecule has 122 valence electrons. The third-order valence-corrected chi connectivity index (χ3v) is 4.44. The maximum Gasteiger partial charge on any atom is 0.410 e. The molecule has 3 aliphatic rings. The van der Waals surface area contributed by atoms with E-state index in [1.54, 1.807) is 4.90 Å². The average Bonchev–Trinajstić information content (AvgIpc) is 2.51. The Labute approximate surface area is 137 Å². The van der Waals surface area contributed by atoms with Crippen molar-refractivity contribution in [3.63, 3.8) is 0 Å². The maximum absolute atomic E-state index is 12.2. The van der Waals surface area contributed by atoms with Gasteiger partial charge in [-0.05, 0) is 32.8 Å². The lowest BCUT2D eigenvalue weighted by atomic mass is 9.84. The summed E-state index contributed by atoms with van der Waals surface area (Å²) in [5.41, 5.74) is 0.549. The molecule has 3 unspecified atom stereocenters. The number of benzene rings is 1. The molecule has 0 saturated carbocycles. The third kappa shape index (κ3) is 3.18. The molecular weight excluding hydrogens is 290 g/mol. The molecule has 0 aromatic heterocycles. The molecule has 3 saturated heterocycles. The van der Waals surface area contributed by atoms with E-state index in [1.807, 2.05) is 51.1 Å². The Kier molecular flexibility index (Phi) is 4.03. The number of ether oxygens (including phenoxy) is 1. The van der Waals surface area contributed by atoms with Gasteiger partial charge < -0.3 is 9.64 Å². The summed E-state index contributed by atoms with van der Waals surface area (Å²) in [5, 5.41) is 9.60. The fraction of sp³-hybridized carbons (Fsp3) is 0.556. The Hall–Kier alpha value is -2.06. The van der Waals surface area contributed by atoms with Gasteiger partial charge in [0.05, 0.1) is 6.07 Å². The van der Waals surface area contributed by atoms with Gasteiger partial charge in [0.1, 0.15) is 11.6 Å².